The molecule has 0 fully saturated rings. The molecule has 128 valence electrons. The minimum atomic E-state index is 0.0848. The van der Waals surface area contributed by atoms with E-state index < -0.39 is 0 Å². The van der Waals surface area contributed by atoms with Gasteiger partial charge in [0.1, 0.15) is 0 Å². The molecule has 0 unspecified atom stereocenters. The van der Waals surface area contributed by atoms with Crippen LogP contribution in [0.3, 0.4) is 0 Å². The molecule has 0 bridgehead atoms. The number of rotatable bonds is 6. The first-order valence-electron chi connectivity index (χ1n) is 8.41. The Kier molecular flexibility index (Phi) is 5.61. The summed E-state index contributed by atoms with van der Waals surface area (Å²) >= 11 is 1.73. The second-order valence-corrected chi connectivity index (χ2v) is 7.27. The first-order valence-corrected chi connectivity index (χ1v) is 9.29. The fourth-order valence-electron chi connectivity index (χ4n) is 2.80. The lowest BCUT2D eigenvalue weighted by molar-refractivity contribution is 0.0744. The highest BCUT2D eigenvalue weighted by atomic mass is 32.1. The van der Waals surface area contributed by atoms with Gasteiger partial charge in [0.15, 0.2) is 0 Å². The van der Waals surface area contributed by atoms with Crippen LogP contribution in [0.5, 0.6) is 0 Å². The largest absolute Gasteiger partial charge is 0.334 e. The first kappa shape index (κ1) is 17.4. The van der Waals surface area contributed by atoms with Gasteiger partial charge < -0.3 is 4.90 Å². The molecular weight excluding hydrogens is 328 g/mol. The summed E-state index contributed by atoms with van der Waals surface area (Å²) in [6.07, 6.45) is 4.45. The first-order chi connectivity index (χ1) is 12.1. The lowest BCUT2D eigenvalue weighted by Gasteiger charge is -2.24. The van der Waals surface area contributed by atoms with Crippen molar-refractivity contribution in [2.45, 2.75) is 26.8 Å². The molecule has 0 saturated carbocycles. The Morgan fingerprint density at radius 2 is 2.04 bits per heavy atom. The van der Waals surface area contributed by atoms with Crippen molar-refractivity contribution in [1.29, 1.82) is 0 Å². The molecule has 1 aromatic carbocycles. The third-order valence-corrected chi connectivity index (χ3v) is 5.15. The van der Waals surface area contributed by atoms with Gasteiger partial charge in [0, 0.05) is 35.9 Å². The van der Waals surface area contributed by atoms with Gasteiger partial charge in [-0.2, -0.15) is 0 Å². The van der Waals surface area contributed by atoms with Crippen LogP contribution < -0.4 is 0 Å². The Bertz CT molecular complexity index is 828. The van der Waals surface area contributed by atoms with Crippen molar-refractivity contribution in [1.82, 2.24) is 9.88 Å². The Hall–Kier alpha value is -2.46. The van der Waals surface area contributed by atoms with Crippen LogP contribution in [-0.4, -0.2) is 22.3 Å². The van der Waals surface area contributed by atoms with Crippen molar-refractivity contribution in [3.63, 3.8) is 0 Å². The summed E-state index contributed by atoms with van der Waals surface area (Å²) in [5, 5.41) is 2.08. The Morgan fingerprint density at radius 1 is 1.16 bits per heavy atom. The minimum Gasteiger partial charge on any atom is -0.334 e. The SMILES string of the molecule is Cc1ccc(C)c(C(=O)N(CCc2cccs2)Cc2cccnc2)c1. The highest BCUT2D eigenvalue weighted by Gasteiger charge is 2.18. The van der Waals surface area contributed by atoms with Crippen LogP contribution in [0.2, 0.25) is 0 Å². The average Bonchev–Trinajstić information content (AvgIpc) is 3.14. The van der Waals surface area contributed by atoms with Gasteiger partial charge in [-0.05, 0) is 55.0 Å². The average molecular weight is 350 g/mol. The Balaban J connectivity index is 1.83. The maximum Gasteiger partial charge on any atom is 0.254 e. The lowest BCUT2D eigenvalue weighted by Crippen LogP contribution is -2.33. The lowest BCUT2D eigenvalue weighted by atomic mass is 10.0. The van der Waals surface area contributed by atoms with E-state index in [-0.39, 0.29) is 5.91 Å². The Labute approximate surface area is 153 Å². The van der Waals surface area contributed by atoms with Gasteiger partial charge in [0.25, 0.3) is 5.91 Å². The van der Waals surface area contributed by atoms with Crippen LogP contribution in [0.15, 0.2) is 60.2 Å². The van der Waals surface area contributed by atoms with Crippen molar-refractivity contribution < 1.29 is 4.79 Å². The summed E-state index contributed by atoms with van der Waals surface area (Å²) in [5.41, 5.74) is 3.96. The standard InChI is InChI=1S/C21H22N2OS/c1-16-7-8-17(2)20(13-16)21(24)23(11-9-19-6-4-12-25-19)15-18-5-3-10-22-14-18/h3-8,10,12-14H,9,11,15H2,1-2H3. The van der Waals surface area contributed by atoms with Crippen LogP contribution in [0.1, 0.15) is 31.9 Å². The number of nitrogens with zero attached hydrogens (tertiary/aromatic N) is 2. The number of aryl methyl sites for hydroxylation is 2. The number of carbonyl (C=O) groups excluding carboxylic acids is 1. The summed E-state index contributed by atoms with van der Waals surface area (Å²) in [6.45, 7) is 5.29. The molecule has 0 aliphatic carbocycles. The smallest absolute Gasteiger partial charge is 0.254 e. The van der Waals surface area contributed by atoms with Crippen molar-refractivity contribution >= 4 is 17.2 Å². The molecule has 2 heterocycles. The predicted octanol–water partition coefficient (Wildman–Crippen LogP) is 4.65. The molecule has 0 aliphatic rings. The zero-order valence-corrected chi connectivity index (χ0v) is 15.4. The number of aromatic nitrogens is 1. The number of amides is 1. The molecule has 4 heteroatoms. The maximum atomic E-state index is 13.2. The van der Waals surface area contributed by atoms with E-state index in [4.69, 9.17) is 0 Å². The topological polar surface area (TPSA) is 33.2 Å². The third kappa shape index (κ3) is 4.54. The van der Waals surface area contributed by atoms with Crippen molar-refractivity contribution in [3.8, 4) is 0 Å². The molecular formula is C21H22N2OS. The molecule has 0 atom stereocenters. The molecule has 3 aromatic rings. The van der Waals surface area contributed by atoms with Crippen LogP contribution in [-0.2, 0) is 13.0 Å². The van der Waals surface area contributed by atoms with Crippen molar-refractivity contribution in [2.24, 2.45) is 0 Å². The van der Waals surface area contributed by atoms with Crippen LogP contribution in [0.4, 0.5) is 0 Å². The number of hydrogen-bond donors (Lipinski definition) is 0. The van der Waals surface area contributed by atoms with Gasteiger partial charge in [-0.3, -0.25) is 9.78 Å². The van der Waals surface area contributed by atoms with E-state index in [1.807, 2.05) is 55.3 Å². The quantitative estimate of drug-likeness (QED) is 0.648. The highest BCUT2D eigenvalue weighted by Crippen LogP contribution is 2.17. The second-order valence-electron chi connectivity index (χ2n) is 6.24. The molecule has 25 heavy (non-hydrogen) atoms. The third-order valence-electron chi connectivity index (χ3n) is 4.22. The Morgan fingerprint density at radius 3 is 2.76 bits per heavy atom. The monoisotopic (exact) mass is 350 g/mol. The van der Waals surface area contributed by atoms with E-state index in [2.05, 4.69) is 22.5 Å². The van der Waals surface area contributed by atoms with Gasteiger partial charge >= 0.3 is 0 Å². The highest BCUT2D eigenvalue weighted by molar-refractivity contribution is 7.09. The van der Waals surface area contributed by atoms with Crippen LogP contribution in [0, 0.1) is 13.8 Å². The molecule has 3 nitrogen and oxygen atoms in total. The molecule has 1 amide bonds. The summed E-state index contributed by atoms with van der Waals surface area (Å²) in [6, 6.07) is 14.1. The summed E-state index contributed by atoms with van der Waals surface area (Å²) in [4.78, 5) is 20.6. The van der Waals surface area contributed by atoms with E-state index in [0.29, 0.717) is 13.1 Å². The van der Waals surface area contributed by atoms with E-state index in [1.54, 1.807) is 17.5 Å². The summed E-state index contributed by atoms with van der Waals surface area (Å²) < 4.78 is 0. The van der Waals surface area contributed by atoms with E-state index in [9.17, 15) is 4.79 Å². The molecule has 3 rings (SSSR count). The summed E-state index contributed by atoms with van der Waals surface area (Å²) in [5.74, 6) is 0.0848. The molecule has 0 spiro atoms. The number of pyridine rings is 1. The zero-order valence-electron chi connectivity index (χ0n) is 14.6. The fourth-order valence-corrected chi connectivity index (χ4v) is 3.50. The predicted molar refractivity (Wildman–Crippen MR) is 103 cm³/mol. The molecule has 0 radical (unpaired) electrons. The molecule has 0 N–H and O–H groups in total. The normalized spacial score (nSPS) is 10.6. The van der Waals surface area contributed by atoms with Crippen molar-refractivity contribution in [2.75, 3.05) is 6.54 Å². The van der Waals surface area contributed by atoms with Gasteiger partial charge in [-0.25, -0.2) is 0 Å². The summed E-state index contributed by atoms with van der Waals surface area (Å²) in [7, 11) is 0. The van der Waals surface area contributed by atoms with Gasteiger partial charge in [-0.1, -0.05) is 29.8 Å². The van der Waals surface area contributed by atoms with E-state index in [1.165, 1.54) is 4.88 Å². The van der Waals surface area contributed by atoms with Gasteiger partial charge in [0.2, 0.25) is 0 Å². The van der Waals surface area contributed by atoms with Gasteiger partial charge in [0.05, 0.1) is 0 Å². The molecule has 2 aromatic heterocycles. The second kappa shape index (κ2) is 8.08. The van der Waals surface area contributed by atoms with Crippen LogP contribution in [0.25, 0.3) is 0 Å². The van der Waals surface area contributed by atoms with E-state index >= 15 is 0 Å². The minimum absolute atomic E-state index is 0.0848. The fraction of sp³-hybridized carbons (Fsp3) is 0.238. The number of benzene rings is 1. The maximum absolute atomic E-state index is 13.2. The van der Waals surface area contributed by atoms with Crippen molar-refractivity contribution in [3.05, 3.63) is 87.4 Å². The number of thiophene rings is 1. The van der Waals surface area contributed by atoms with Crippen LogP contribution >= 0.6 is 11.3 Å². The molecule has 0 aliphatic heterocycles. The van der Waals surface area contributed by atoms with Gasteiger partial charge in [-0.15, -0.1) is 11.3 Å². The number of hydrogen-bond acceptors (Lipinski definition) is 3. The number of carbonyl (C=O) groups is 1. The molecule has 0 saturated heterocycles. The van der Waals surface area contributed by atoms with E-state index in [0.717, 1.165) is 28.7 Å². The zero-order chi connectivity index (χ0) is 17.6.